The lowest BCUT2D eigenvalue weighted by Gasteiger charge is -2.28. The zero-order valence-electron chi connectivity index (χ0n) is 58.4. The molecule has 0 spiro atoms. The van der Waals surface area contributed by atoms with Crippen molar-refractivity contribution in [2.24, 2.45) is 11.5 Å². The molecule has 6 rings (SSSR count). The molecule has 12 atom stereocenters. The van der Waals surface area contributed by atoms with Gasteiger partial charge < -0.3 is 95.2 Å². The average Bonchev–Trinajstić information content (AvgIpc) is 1.30. The highest BCUT2D eigenvalue weighted by Gasteiger charge is 2.38. The largest absolute Gasteiger partial charge is 0.481 e. The molecule has 0 aliphatic carbocycles. The van der Waals surface area contributed by atoms with Crippen molar-refractivity contribution in [1.29, 1.82) is 0 Å². The minimum absolute atomic E-state index is 0.0109. The quantitative estimate of drug-likeness (QED) is 0.0204. The van der Waals surface area contributed by atoms with Gasteiger partial charge in [-0.05, 0) is 90.6 Å². The molecule has 11 amide bonds. The molecule has 560 valence electrons. The van der Waals surface area contributed by atoms with E-state index in [2.05, 4.69) is 63.1 Å². The van der Waals surface area contributed by atoms with Crippen molar-refractivity contribution in [1.82, 2.24) is 63.1 Å². The highest BCUT2D eigenvalue weighted by atomic mass is 16.4. The molecule has 0 saturated heterocycles. The van der Waals surface area contributed by atoms with Crippen LogP contribution < -0.4 is 64.6 Å². The van der Waals surface area contributed by atoms with E-state index in [1.807, 2.05) is 86.6 Å². The molecule has 20 N–H and O–H groups in total. The number of aliphatic hydroxyl groups is 3. The number of primary amides is 1. The molecule has 0 aliphatic rings. The fourth-order valence-corrected chi connectivity index (χ4v) is 11.0. The summed E-state index contributed by atoms with van der Waals surface area (Å²) in [5.41, 5.74) is 19.6. The second kappa shape index (κ2) is 40.2. The number of nitrogens with two attached hydrogens (primary N) is 2. The van der Waals surface area contributed by atoms with Gasteiger partial charge >= 0.3 is 11.9 Å². The third-order valence-electron chi connectivity index (χ3n) is 16.9. The lowest BCUT2D eigenvalue weighted by Crippen LogP contribution is -2.63. The predicted octanol–water partition coefficient (Wildman–Crippen LogP) is -1.71. The third-order valence-corrected chi connectivity index (χ3v) is 16.9. The number of carbonyl (C=O) groups is 13. The number of carbonyl (C=O) groups excluding carboxylic acids is 11. The maximum absolute atomic E-state index is 14.5. The first kappa shape index (κ1) is 82.2. The summed E-state index contributed by atoms with van der Waals surface area (Å²) in [7, 11) is 0. The smallest absolute Gasteiger partial charge is 0.305 e. The van der Waals surface area contributed by atoms with E-state index in [-0.39, 0.29) is 25.7 Å². The average molecular weight is 1450 g/mol. The van der Waals surface area contributed by atoms with Crippen LogP contribution in [-0.2, 0) is 94.4 Å². The van der Waals surface area contributed by atoms with Crippen LogP contribution >= 0.6 is 0 Å². The number of imidazole rings is 1. The van der Waals surface area contributed by atoms with Gasteiger partial charge in [0.05, 0.1) is 49.8 Å². The third kappa shape index (κ3) is 25.6. The number of aromatic nitrogens is 2. The SMILES string of the molecule is CCc1ccccc1-c1ccc(C[C@H](NC(=O)[C@H](CC(=O)O)NC(=O)[C@H](CO)NC(=O)[C@@H](NC(=O)[C@H](Cc2ccccc2)NC(=O)[C@@H](NC(=O)CNC(=O)[C@H](CCC(=O)O)NC(=O)[C@H](C)NC(=O)[C@@H](N)Cc2c[nH]cn2)[C@@H](C)O)[C@@H](C)O)C(=O)N[C@@H](Cc2ccc(-c3ccccc3C)cc2)C(N)=O)cc1. The second-order valence-electron chi connectivity index (χ2n) is 25.1. The molecule has 0 aliphatic heterocycles. The topological polar surface area (TPSA) is 524 Å². The number of nitrogens with one attached hydrogen (secondary N) is 11. The van der Waals surface area contributed by atoms with Crippen LogP contribution in [-0.4, -0.2) is 198 Å². The van der Waals surface area contributed by atoms with Gasteiger partial charge in [-0.25, -0.2) is 4.98 Å². The summed E-state index contributed by atoms with van der Waals surface area (Å²) in [6, 6.07) is 21.1. The number of benzene rings is 5. The van der Waals surface area contributed by atoms with E-state index < -0.39 is 182 Å². The molecule has 0 bridgehead atoms. The second-order valence-corrected chi connectivity index (χ2v) is 25.1. The van der Waals surface area contributed by atoms with Gasteiger partial charge in [-0.3, -0.25) is 62.3 Å². The minimum atomic E-state index is -2.04. The summed E-state index contributed by atoms with van der Waals surface area (Å²) in [6.45, 7) is 5.23. The summed E-state index contributed by atoms with van der Waals surface area (Å²) in [4.78, 5) is 182. The number of aliphatic carboxylic acids is 2. The van der Waals surface area contributed by atoms with Crippen LogP contribution in [0, 0.1) is 6.92 Å². The van der Waals surface area contributed by atoms with Crippen LogP contribution in [0.4, 0.5) is 0 Å². The number of rotatable bonds is 40. The van der Waals surface area contributed by atoms with Crippen molar-refractivity contribution in [3.63, 3.8) is 0 Å². The first-order chi connectivity index (χ1) is 49.9. The Morgan fingerprint density at radius 2 is 0.962 bits per heavy atom. The Balaban J connectivity index is 1.14. The van der Waals surface area contributed by atoms with Gasteiger partial charge in [0.1, 0.15) is 54.4 Å². The maximum atomic E-state index is 14.5. The van der Waals surface area contributed by atoms with Crippen LogP contribution in [0.1, 0.15) is 80.5 Å². The predicted molar refractivity (Wildman–Crippen MR) is 381 cm³/mol. The fourth-order valence-electron chi connectivity index (χ4n) is 11.0. The number of H-pyrrole nitrogens is 1. The maximum Gasteiger partial charge on any atom is 0.305 e. The lowest BCUT2D eigenvalue weighted by molar-refractivity contribution is -0.142. The fraction of sp³-hybridized carbons (Fsp3) is 0.370. The van der Waals surface area contributed by atoms with Gasteiger partial charge in [-0.1, -0.05) is 134 Å². The molecule has 32 nitrogen and oxygen atoms in total. The van der Waals surface area contributed by atoms with Crippen LogP contribution in [0.2, 0.25) is 0 Å². The number of carboxylic acid groups (broad SMARTS) is 2. The molecule has 6 aromatic rings. The van der Waals surface area contributed by atoms with Crippen LogP contribution in [0.25, 0.3) is 22.3 Å². The molecule has 105 heavy (non-hydrogen) atoms. The van der Waals surface area contributed by atoms with Gasteiger partial charge in [0, 0.05) is 38.3 Å². The van der Waals surface area contributed by atoms with Crippen molar-refractivity contribution < 1.29 is 87.9 Å². The summed E-state index contributed by atoms with van der Waals surface area (Å²) < 4.78 is 0. The summed E-state index contributed by atoms with van der Waals surface area (Å²) in [5, 5.41) is 75.1. The highest BCUT2D eigenvalue weighted by molar-refractivity contribution is 6.00. The number of hydrogen-bond acceptors (Lipinski definition) is 18. The number of aryl methyl sites for hydroxylation is 2. The number of aliphatic hydroxyl groups excluding tert-OH is 3. The van der Waals surface area contributed by atoms with E-state index in [1.54, 1.807) is 54.6 Å². The van der Waals surface area contributed by atoms with Crippen LogP contribution in [0.15, 0.2) is 140 Å². The van der Waals surface area contributed by atoms with Crippen molar-refractivity contribution in [3.8, 4) is 22.3 Å². The molecule has 32 heteroatoms. The van der Waals surface area contributed by atoms with Crippen molar-refractivity contribution in [3.05, 3.63) is 173 Å². The van der Waals surface area contributed by atoms with Crippen LogP contribution in [0.3, 0.4) is 0 Å². The zero-order valence-corrected chi connectivity index (χ0v) is 58.4. The minimum Gasteiger partial charge on any atom is -0.481 e. The summed E-state index contributed by atoms with van der Waals surface area (Å²) in [5.74, 6) is -15.0. The molecular weight excluding hydrogens is 1360 g/mol. The van der Waals surface area contributed by atoms with Gasteiger partial charge in [-0.2, -0.15) is 0 Å². The normalized spacial score (nSPS) is 14.5. The number of nitrogens with zero attached hydrogens (tertiary/aromatic N) is 1. The van der Waals surface area contributed by atoms with Crippen molar-refractivity contribution >= 4 is 76.9 Å². The van der Waals surface area contributed by atoms with Crippen molar-refractivity contribution in [2.75, 3.05) is 13.2 Å². The molecule has 5 aromatic carbocycles. The Morgan fingerprint density at radius 3 is 1.50 bits per heavy atom. The summed E-state index contributed by atoms with van der Waals surface area (Å²) >= 11 is 0. The first-order valence-corrected chi connectivity index (χ1v) is 33.7. The van der Waals surface area contributed by atoms with Crippen molar-refractivity contribution in [2.45, 2.75) is 159 Å². The molecule has 0 saturated carbocycles. The number of amides is 11. The van der Waals surface area contributed by atoms with Gasteiger partial charge in [0.15, 0.2) is 0 Å². The first-order valence-electron chi connectivity index (χ1n) is 33.7. The van der Waals surface area contributed by atoms with E-state index in [4.69, 9.17) is 11.5 Å². The van der Waals surface area contributed by atoms with E-state index in [9.17, 15) is 87.9 Å². The highest BCUT2D eigenvalue weighted by Crippen LogP contribution is 2.26. The molecule has 0 radical (unpaired) electrons. The molecule has 1 heterocycles. The standard InChI is InChI=1S/C73H90N14O18/c1-6-46-17-11-13-19-51(46)48-26-22-45(23-27-48)32-55(68(100)81-54(64(75)96)30-44-20-24-47(25-21-44)50-18-12-10-14-39(50)2)82-69(101)57(34-61(94)95)83-71(103)58(37-88)85-73(105)63(42(5)90)87-70(102)56(31-43-15-8-7-9-16-43)84-72(104)62(41(4)89)86-59(91)36-77-67(99)53(28-29-60(92)93)80-65(97)40(3)79-66(98)52(74)33-49-35-76-38-78-49/h7-27,35,38,40-42,52-58,62-63,88-90H,6,28-34,36-37,74H2,1-5H3,(H2,75,96)(H,76,78)(H,77,99)(H,79,98)(H,80,97)(H,81,100)(H,82,101)(H,83,103)(H,84,104)(H,85,105)(H,86,91)(H,87,102)(H,92,93)(H,94,95)/t40-,41+,42+,52-,53-,54-,55-,56-,57-,58-,62-,63-/m0/s1. The molecular formula is C73H90N14O18. The Morgan fingerprint density at radius 1 is 0.486 bits per heavy atom. The number of carboxylic acids is 2. The van der Waals surface area contributed by atoms with Gasteiger partial charge in [-0.15, -0.1) is 0 Å². The number of hydrogen-bond donors (Lipinski definition) is 18. The van der Waals surface area contributed by atoms with E-state index in [0.29, 0.717) is 22.4 Å². The monoisotopic (exact) mass is 1450 g/mol. The van der Waals surface area contributed by atoms with E-state index >= 15 is 0 Å². The van der Waals surface area contributed by atoms with Crippen LogP contribution in [0.5, 0.6) is 0 Å². The Kier molecular flexibility index (Phi) is 31.5. The Bertz CT molecular complexity index is 4010. The molecule has 1 aromatic heterocycles. The van der Waals surface area contributed by atoms with E-state index in [1.165, 1.54) is 19.4 Å². The lowest BCUT2D eigenvalue weighted by atomic mass is 9.95. The molecule has 0 fully saturated rings. The van der Waals surface area contributed by atoms with Gasteiger partial charge in [0.25, 0.3) is 0 Å². The Hall–Kier alpha value is -11.7. The number of aromatic amines is 1. The zero-order chi connectivity index (χ0) is 77.0. The van der Waals surface area contributed by atoms with Gasteiger partial charge in [0.2, 0.25) is 65.0 Å². The molecule has 0 unspecified atom stereocenters. The Labute approximate surface area is 604 Å². The summed E-state index contributed by atoms with van der Waals surface area (Å²) in [6.07, 6.45) is -2.84. The van der Waals surface area contributed by atoms with E-state index in [0.717, 1.165) is 53.6 Å².